The van der Waals surface area contributed by atoms with Gasteiger partial charge in [-0.3, -0.25) is 4.90 Å². The number of benzene rings is 2. The van der Waals surface area contributed by atoms with Gasteiger partial charge in [-0.05, 0) is 30.3 Å². The lowest BCUT2D eigenvalue weighted by Gasteiger charge is -2.33. The number of guanidine groups is 1. The molecule has 28 heavy (non-hydrogen) atoms. The molecule has 6 nitrogen and oxygen atoms in total. The number of aliphatic imine (C=N–C) groups is 1. The number of nitrogens with zero attached hydrogens (tertiary/aromatic N) is 3. The molecule has 0 saturated carbocycles. The van der Waals surface area contributed by atoms with E-state index in [1.807, 2.05) is 0 Å². The number of thiazole rings is 1. The molecule has 1 N–H and O–H groups in total. The highest BCUT2D eigenvalue weighted by Crippen LogP contribution is 2.39. The van der Waals surface area contributed by atoms with E-state index < -0.39 is 21.7 Å². The van der Waals surface area contributed by atoms with E-state index in [1.54, 1.807) is 11.6 Å². The normalized spacial score (nSPS) is 16.7. The number of fused-ring (bicyclic) bond motifs is 1. The highest BCUT2D eigenvalue weighted by molar-refractivity contribution is 7.90. The van der Waals surface area contributed by atoms with Crippen LogP contribution in [0, 0.1) is 11.6 Å². The van der Waals surface area contributed by atoms with E-state index in [0.717, 1.165) is 12.1 Å². The van der Waals surface area contributed by atoms with E-state index in [2.05, 4.69) is 14.7 Å². The number of halogens is 3. The summed E-state index contributed by atoms with van der Waals surface area (Å²) in [5.74, 6) is -1.50. The van der Waals surface area contributed by atoms with Crippen molar-refractivity contribution in [3.8, 4) is 0 Å². The maximum atomic E-state index is 14.1. The zero-order valence-electron chi connectivity index (χ0n) is 13.9. The van der Waals surface area contributed by atoms with E-state index in [1.165, 1.54) is 40.5 Å². The van der Waals surface area contributed by atoms with Gasteiger partial charge in [0.1, 0.15) is 26.6 Å². The first kappa shape index (κ1) is 18.8. The second-order valence-electron chi connectivity index (χ2n) is 5.69. The van der Waals surface area contributed by atoms with Crippen molar-refractivity contribution in [2.45, 2.75) is 11.4 Å². The molecule has 0 radical (unpaired) electrons. The number of anilines is 2. The van der Waals surface area contributed by atoms with Crippen LogP contribution in [0.25, 0.3) is 0 Å². The zero-order valence-corrected chi connectivity index (χ0v) is 16.3. The Morgan fingerprint density at radius 1 is 1.21 bits per heavy atom. The summed E-state index contributed by atoms with van der Waals surface area (Å²) in [6.45, 7) is 0.0927. The van der Waals surface area contributed by atoms with Gasteiger partial charge in [-0.15, -0.1) is 11.3 Å². The molecular weight excluding hydrogens is 430 g/mol. The largest absolute Gasteiger partial charge is 0.278 e. The minimum atomic E-state index is -4.08. The van der Waals surface area contributed by atoms with E-state index in [9.17, 15) is 17.2 Å². The number of nitrogens with one attached hydrogen (secondary N) is 1. The van der Waals surface area contributed by atoms with Crippen molar-refractivity contribution in [1.29, 1.82) is 0 Å². The van der Waals surface area contributed by atoms with Gasteiger partial charge in [0.2, 0.25) is 5.96 Å². The molecule has 0 bridgehead atoms. The standard InChI is InChI=1S/C17H11ClF2N4O2S2/c18-16-11(20)2-1-3-13(16)24-12-5-4-10(19)8-14(12)28(25,26)23-17(24)22-9-15-21-6-7-27-15/h1-8H,9H2,(H,22,23). The maximum absolute atomic E-state index is 14.1. The van der Waals surface area contributed by atoms with Crippen molar-refractivity contribution < 1.29 is 17.2 Å². The fourth-order valence-corrected chi connectivity index (χ4v) is 4.67. The molecule has 2 aromatic carbocycles. The van der Waals surface area contributed by atoms with Gasteiger partial charge in [0, 0.05) is 11.6 Å². The third-order valence-electron chi connectivity index (χ3n) is 3.91. The van der Waals surface area contributed by atoms with Crippen LogP contribution in [0.15, 0.2) is 57.9 Å². The first-order valence-electron chi connectivity index (χ1n) is 7.86. The quantitative estimate of drug-likeness (QED) is 0.666. The molecule has 1 aromatic heterocycles. The third-order valence-corrected chi connectivity index (χ3v) is 6.41. The van der Waals surface area contributed by atoms with Crippen LogP contribution >= 0.6 is 22.9 Å². The monoisotopic (exact) mass is 440 g/mol. The molecule has 0 aliphatic carbocycles. The first-order chi connectivity index (χ1) is 13.4. The Labute approximate surface area is 168 Å². The molecule has 1 aliphatic heterocycles. The van der Waals surface area contributed by atoms with Gasteiger partial charge >= 0.3 is 0 Å². The molecule has 0 unspecified atom stereocenters. The van der Waals surface area contributed by atoms with Crippen LogP contribution in [0.4, 0.5) is 20.2 Å². The molecule has 11 heteroatoms. The van der Waals surface area contributed by atoms with Gasteiger partial charge in [-0.1, -0.05) is 17.7 Å². The summed E-state index contributed by atoms with van der Waals surface area (Å²) >= 11 is 7.48. The van der Waals surface area contributed by atoms with Gasteiger partial charge in [-0.25, -0.2) is 31.9 Å². The second kappa shape index (κ2) is 7.12. The minimum absolute atomic E-state index is 0.0927. The van der Waals surface area contributed by atoms with Gasteiger partial charge in [-0.2, -0.15) is 0 Å². The molecule has 1 aliphatic rings. The molecule has 0 saturated heterocycles. The Hall–Kier alpha value is -2.56. The van der Waals surface area contributed by atoms with Gasteiger partial charge < -0.3 is 0 Å². The highest BCUT2D eigenvalue weighted by Gasteiger charge is 2.35. The van der Waals surface area contributed by atoms with Crippen LogP contribution < -0.4 is 9.62 Å². The summed E-state index contributed by atoms with van der Waals surface area (Å²) in [7, 11) is -4.08. The predicted molar refractivity (Wildman–Crippen MR) is 104 cm³/mol. The van der Waals surface area contributed by atoms with Crippen molar-refractivity contribution in [2.24, 2.45) is 4.99 Å². The zero-order chi connectivity index (χ0) is 19.9. The van der Waals surface area contributed by atoms with Crippen molar-refractivity contribution in [3.63, 3.8) is 0 Å². The summed E-state index contributed by atoms with van der Waals surface area (Å²) in [4.78, 5) is 9.44. The molecule has 3 aromatic rings. The molecule has 0 amide bonds. The number of sulfonamides is 1. The van der Waals surface area contributed by atoms with E-state index in [-0.39, 0.29) is 33.8 Å². The lowest BCUT2D eigenvalue weighted by molar-refractivity contribution is 0.585. The Morgan fingerprint density at radius 2 is 2.04 bits per heavy atom. The van der Waals surface area contributed by atoms with E-state index in [4.69, 9.17) is 11.6 Å². The van der Waals surface area contributed by atoms with Crippen molar-refractivity contribution in [3.05, 3.63) is 69.6 Å². The summed E-state index contributed by atoms with van der Waals surface area (Å²) in [6, 6.07) is 7.40. The number of rotatable bonds is 3. The van der Waals surface area contributed by atoms with Crippen LogP contribution in [-0.4, -0.2) is 19.4 Å². The predicted octanol–water partition coefficient (Wildman–Crippen LogP) is 4.06. The van der Waals surface area contributed by atoms with Crippen LogP contribution in [0.2, 0.25) is 5.02 Å². The second-order valence-corrected chi connectivity index (χ2v) is 8.70. The highest BCUT2D eigenvalue weighted by atomic mass is 35.5. The topological polar surface area (TPSA) is 74.7 Å². The van der Waals surface area contributed by atoms with Crippen molar-refractivity contribution in [1.82, 2.24) is 9.71 Å². The summed E-state index contributed by atoms with van der Waals surface area (Å²) < 4.78 is 55.3. The fraction of sp³-hybridized carbons (Fsp3) is 0.0588. The van der Waals surface area contributed by atoms with E-state index >= 15 is 0 Å². The van der Waals surface area contributed by atoms with E-state index in [0.29, 0.717) is 5.01 Å². The van der Waals surface area contributed by atoms with Crippen molar-refractivity contribution in [2.75, 3.05) is 4.90 Å². The molecule has 0 fully saturated rings. The lowest BCUT2D eigenvalue weighted by Crippen LogP contribution is -2.47. The minimum Gasteiger partial charge on any atom is -0.278 e. The Morgan fingerprint density at radius 3 is 2.79 bits per heavy atom. The lowest BCUT2D eigenvalue weighted by atomic mass is 10.2. The van der Waals surface area contributed by atoms with Gasteiger partial charge in [0.25, 0.3) is 10.0 Å². The Balaban J connectivity index is 1.93. The average Bonchev–Trinajstić information content (AvgIpc) is 3.17. The summed E-state index contributed by atoms with van der Waals surface area (Å²) in [6.07, 6.45) is 1.60. The smallest absolute Gasteiger partial charge is 0.266 e. The molecule has 0 atom stereocenters. The van der Waals surface area contributed by atoms with Gasteiger partial charge in [0.15, 0.2) is 0 Å². The molecule has 0 spiro atoms. The molecule has 4 rings (SSSR count). The third kappa shape index (κ3) is 3.34. The average molecular weight is 441 g/mol. The van der Waals surface area contributed by atoms with Crippen LogP contribution in [0.5, 0.6) is 0 Å². The number of aromatic nitrogens is 1. The molecule has 2 heterocycles. The first-order valence-corrected chi connectivity index (χ1v) is 10.6. The number of hydrogen-bond donors (Lipinski definition) is 1. The molecular formula is C17H11ClF2N4O2S2. The summed E-state index contributed by atoms with van der Waals surface area (Å²) in [5.41, 5.74) is 0.264. The van der Waals surface area contributed by atoms with Crippen molar-refractivity contribution >= 4 is 50.3 Å². The van der Waals surface area contributed by atoms with Crippen LogP contribution in [0.3, 0.4) is 0 Å². The SMILES string of the molecule is O=S1(=O)NC(=NCc2nccs2)N(c2cccc(F)c2Cl)c2ccc(F)cc21. The Kier molecular flexibility index (Phi) is 4.77. The van der Waals surface area contributed by atoms with Crippen LogP contribution in [-0.2, 0) is 16.6 Å². The maximum Gasteiger partial charge on any atom is 0.266 e. The molecule has 144 valence electrons. The fourth-order valence-electron chi connectivity index (χ4n) is 2.71. The van der Waals surface area contributed by atoms with Crippen LogP contribution in [0.1, 0.15) is 5.01 Å². The van der Waals surface area contributed by atoms with Gasteiger partial charge in [0.05, 0.1) is 17.9 Å². The summed E-state index contributed by atoms with van der Waals surface area (Å²) in [5, 5.41) is 2.20. The number of hydrogen-bond acceptors (Lipinski definition) is 5. The Bertz CT molecular complexity index is 1180.